The van der Waals surface area contributed by atoms with Crippen LogP contribution in [0.1, 0.15) is 16.1 Å². The van der Waals surface area contributed by atoms with Crippen LogP contribution in [0.2, 0.25) is 0 Å². The molecule has 10 heteroatoms. The summed E-state index contributed by atoms with van der Waals surface area (Å²) in [5.41, 5.74) is 15.1. The topological polar surface area (TPSA) is 145 Å². The highest BCUT2D eigenvalue weighted by Crippen LogP contribution is 2.26. The van der Waals surface area contributed by atoms with Gasteiger partial charge in [-0.3, -0.25) is 14.8 Å². The highest BCUT2D eigenvalue weighted by Gasteiger charge is 2.20. The van der Waals surface area contributed by atoms with E-state index >= 15 is 0 Å². The van der Waals surface area contributed by atoms with E-state index in [4.69, 9.17) is 16.2 Å². The van der Waals surface area contributed by atoms with Crippen LogP contribution in [0.25, 0.3) is 11.4 Å². The average molecular weight is 420 g/mol. The highest BCUT2D eigenvalue weighted by atomic mass is 16.5. The fraction of sp³-hybridized carbons (Fsp3) is 0.286. The number of amides is 1. The first-order chi connectivity index (χ1) is 15.2. The summed E-state index contributed by atoms with van der Waals surface area (Å²) in [6, 6.07) is 5.61. The number of nitrogens with zero attached hydrogens (tertiary/aromatic N) is 5. The van der Waals surface area contributed by atoms with Gasteiger partial charge in [0.05, 0.1) is 42.7 Å². The number of hydrogen-bond acceptors (Lipinski definition) is 9. The Morgan fingerprint density at radius 2 is 1.94 bits per heavy atom. The lowest BCUT2D eigenvalue weighted by Gasteiger charge is -2.30. The third kappa shape index (κ3) is 4.76. The predicted octanol–water partition coefficient (Wildman–Crippen LogP) is 1.11. The number of rotatable bonds is 6. The number of pyridine rings is 2. The Morgan fingerprint density at radius 1 is 1.10 bits per heavy atom. The molecule has 1 amide bonds. The number of aromatic nitrogens is 4. The molecule has 3 aromatic rings. The molecule has 1 aliphatic rings. The summed E-state index contributed by atoms with van der Waals surface area (Å²) in [5.74, 6) is -0.424. The van der Waals surface area contributed by atoms with Crippen LogP contribution in [0.5, 0.6) is 0 Å². The maximum atomic E-state index is 13.0. The second-order valence-electron chi connectivity index (χ2n) is 7.03. The Morgan fingerprint density at radius 3 is 2.68 bits per heavy atom. The first-order valence-corrected chi connectivity index (χ1v) is 10.0. The van der Waals surface area contributed by atoms with Crippen LogP contribution >= 0.6 is 0 Å². The van der Waals surface area contributed by atoms with Crippen LogP contribution in [0.4, 0.5) is 17.2 Å². The third-order valence-corrected chi connectivity index (χ3v) is 4.93. The zero-order chi connectivity index (χ0) is 21.6. The van der Waals surface area contributed by atoms with Crippen LogP contribution in [-0.2, 0) is 11.2 Å². The molecule has 31 heavy (non-hydrogen) atoms. The van der Waals surface area contributed by atoms with Crippen molar-refractivity contribution in [2.24, 2.45) is 5.73 Å². The van der Waals surface area contributed by atoms with Gasteiger partial charge in [0, 0.05) is 25.5 Å². The Bertz CT molecular complexity index is 1050. The average Bonchev–Trinajstić information content (AvgIpc) is 2.81. The number of nitrogen functional groups attached to an aromatic ring is 1. The number of hydrogen-bond donors (Lipinski definition) is 3. The molecule has 0 aliphatic carbocycles. The molecule has 0 atom stereocenters. The smallest absolute Gasteiger partial charge is 0.278 e. The lowest BCUT2D eigenvalue weighted by atomic mass is 10.2. The van der Waals surface area contributed by atoms with Gasteiger partial charge in [-0.05, 0) is 30.7 Å². The fourth-order valence-corrected chi connectivity index (χ4v) is 3.32. The van der Waals surface area contributed by atoms with Gasteiger partial charge in [0.25, 0.3) is 5.91 Å². The van der Waals surface area contributed by atoms with Gasteiger partial charge in [0.2, 0.25) is 0 Å². The Kier molecular flexibility index (Phi) is 6.29. The van der Waals surface area contributed by atoms with Crippen molar-refractivity contribution in [2.45, 2.75) is 6.42 Å². The summed E-state index contributed by atoms with van der Waals surface area (Å²) in [7, 11) is 0. The Hall–Kier alpha value is -3.63. The summed E-state index contributed by atoms with van der Waals surface area (Å²) >= 11 is 0. The van der Waals surface area contributed by atoms with Gasteiger partial charge in [0.1, 0.15) is 5.69 Å². The van der Waals surface area contributed by atoms with E-state index in [9.17, 15) is 4.79 Å². The first kappa shape index (κ1) is 20.6. The van der Waals surface area contributed by atoms with Crippen LogP contribution in [-0.4, -0.2) is 58.7 Å². The van der Waals surface area contributed by atoms with Crippen molar-refractivity contribution in [1.82, 2.24) is 19.9 Å². The van der Waals surface area contributed by atoms with E-state index in [0.29, 0.717) is 36.8 Å². The summed E-state index contributed by atoms with van der Waals surface area (Å²) in [4.78, 5) is 32.2. The van der Waals surface area contributed by atoms with Crippen LogP contribution in [0.15, 0.2) is 43.0 Å². The first-order valence-electron chi connectivity index (χ1n) is 10.0. The summed E-state index contributed by atoms with van der Waals surface area (Å²) in [5, 5.41) is 2.87. The van der Waals surface area contributed by atoms with Gasteiger partial charge < -0.3 is 26.4 Å². The molecule has 4 rings (SSSR count). The van der Waals surface area contributed by atoms with Crippen LogP contribution in [0, 0.1) is 0 Å². The zero-order valence-electron chi connectivity index (χ0n) is 17.0. The number of ether oxygens (including phenoxy) is 1. The van der Waals surface area contributed by atoms with Crippen molar-refractivity contribution in [3.63, 3.8) is 0 Å². The normalized spacial score (nSPS) is 13.8. The second kappa shape index (κ2) is 9.45. The van der Waals surface area contributed by atoms with E-state index < -0.39 is 5.91 Å². The number of morpholine rings is 1. The molecule has 0 saturated carbocycles. The third-order valence-electron chi connectivity index (χ3n) is 4.93. The molecule has 5 N–H and O–H groups in total. The molecule has 0 aromatic carbocycles. The van der Waals surface area contributed by atoms with E-state index in [0.717, 1.165) is 30.8 Å². The molecule has 0 bridgehead atoms. The number of carbonyl (C=O) groups is 1. The zero-order valence-corrected chi connectivity index (χ0v) is 17.0. The minimum Gasteiger partial charge on any atom is -0.382 e. The maximum absolute atomic E-state index is 13.0. The second-order valence-corrected chi connectivity index (χ2v) is 7.03. The monoisotopic (exact) mass is 420 g/mol. The summed E-state index contributed by atoms with van der Waals surface area (Å²) in [6.07, 6.45) is 7.28. The largest absolute Gasteiger partial charge is 0.382 e. The molecule has 4 heterocycles. The molecule has 3 aromatic heterocycles. The number of nitrogens with two attached hydrogens (primary N) is 2. The minimum absolute atomic E-state index is 0.0297. The van der Waals surface area contributed by atoms with E-state index in [1.165, 1.54) is 6.20 Å². The Balaban J connectivity index is 1.57. The van der Waals surface area contributed by atoms with E-state index in [-0.39, 0.29) is 11.5 Å². The maximum Gasteiger partial charge on any atom is 0.278 e. The SMILES string of the molecule is NCCc1ccc(-c2cnc(N)c(C(=O)Nc3cnccc3N3CCOCC3)n2)nc1. The number of carbonyl (C=O) groups excluding carboxylic acids is 1. The standard InChI is InChI=1S/C21H24N8O2/c22-5-3-14-1-2-15(25-11-14)16-13-26-20(23)19(27-16)21(30)28-17-12-24-6-4-18(17)29-7-9-31-10-8-29/h1-2,4,6,11-13H,3,5,7-10,22H2,(H2,23,26)(H,28,30). The van der Waals surface area contributed by atoms with Crippen LogP contribution in [0.3, 0.4) is 0 Å². The summed E-state index contributed by atoms with van der Waals surface area (Å²) < 4.78 is 5.41. The highest BCUT2D eigenvalue weighted by molar-refractivity contribution is 6.07. The van der Waals surface area contributed by atoms with Crippen molar-refractivity contribution in [1.29, 1.82) is 0 Å². The quantitative estimate of drug-likeness (QED) is 0.534. The molecule has 0 unspecified atom stereocenters. The van der Waals surface area contributed by atoms with Gasteiger partial charge in [-0.2, -0.15) is 0 Å². The van der Waals surface area contributed by atoms with Crippen molar-refractivity contribution in [3.05, 3.63) is 54.2 Å². The molecule has 10 nitrogen and oxygen atoms in total. The van der Waals surface area contributed by atoms with E-state index in [1.54, 1.807) is 18.6 Å². The molecule has 1 saturated heterocycles. The van der Waals surface area contributed by atoms with Crippen molar-refractivity contribution in [2.75, 3.05) is 48.8 Å². The minimum atomic E-state index is -0.464. The predicted molar refractivity (Wildman–Crippen MR) is 118 cm³/mol. The lowest BCUT2D eigenvalue weighted by Crippen LogP contribution is -2.36. The number of nitrogens with one attached hydrogen (secondary N) is 1. The van der Waals surface area contributed by atoms with Crippen molar-refractivity contribution >= 4 is 23.1 Å². The van der Waals surface area contributed by atoms with Crippen LogP contribution < -0.4 is 21.7 Å². The molecular weight excluding hydrogens is 396 g/mol. The molecule has 1 fully saturated rings. The van der Waals surface area contributed by atoms with Crippen molar-refractivity contribution in [3.8, 4) is 11.4 Å². The Labute approximate surface area is 179 Å². The van der Waals surface area contributed by atoms with Gasteiger partial charge >= 0.3 is 0 Å². The van der Waals surface area contributed by atoms with Gasteiger partial charge in [0.15, 0.2) is 11.5 Å². The molecule has 0 radical (unpaired) electrons. The molecular formula is C21H24N8O2. The number of anilines is 3. The van der Waals surface area contributed by atoms with Gasteiger partial charge in [-0.25, -0.2) is 9.97 Å². The van der Waals surface area contributed by atoms with E-state index in [1.807, 2.05) is 18.2 Å². The van der Waals surface area contributed by atoms with Gasteiger partial charge in [-0.1, -0.05) is 6.07 Å². The lowest BCUT2D eigenvalue weighted by molar-refractivity contribution is 0.102. The van der Waals surface area contributed by atoms with E-state index in [2.05, 4.69) is 30.2 Å². The van der Waals surface area contributed by atoms with Crippen molar-refractivity contribution < 1.29 is 9.53 Å². The van der Waals surface area contributed by atoms with Gasteiger partial charge in [-0.15, -0.1) is 0 Å². The fourth-order valence-electron chi connectivity index (χ4n) is 3.32. The molecule has 1 aliphatic heterocycles. The molecule has 0 spiro atoms. The molecule has 160 valence electrons. The summed E-state index contributed by atoms with van der Waals surface area (Å²) in [6.45, 7) is 3.28.